The van der Waals surface area contributed by atoms with Gasteiger partial charge in [-0.1, -0.05) is 12.1 Å². The minimum atomic E-state index is -3.20. The SMILES string of the molecule is O=C(Nn1cnc2ccccc2c1=O)C1=NN(C2CCS(=O)(=O)C2)C(=O)CC1. The van der Waals surface area contributed by atoms with Gasteiger partial charge in [0.05, 0.1) is 28.5 Å². The molecular formula is C17H17N5O5S. The van der Waals surface area contributed by atoms with Gasteiger partial charge in [0.25, 0.3) is 11.5 Å². The third kappa shape index (κ3) is 3.40. The Morgan fingerprint density at radius 1 is 1.18 bits per heavy atom. The molecule has 1 aromatic heterocycles. The van der Waals surface area contributed by atoms with Crippen molar-refractivity contribution in [1.82, 2.24) is 14.7 Å². The molecule has 146 valence electrons. The molecule has 2 amide bonds. The molecule has 0 aliphatic carbocycles. The molecule has 1 N–H and O–H groups in total. The van der Waals surface area contributed by atoms with E-state index in [0.717, 1.165) is 9.69 Å². The average Bonchev–Trinajstić information content (AvgIpc) is 3.04. The molecule has 0 spiro atoms. The first-order valence-corrected chi connectivity index (χ1v) is 10.5. The molecule has 0 saturated carbocycles. The van der Waals surface area contributed by atoms with Crippen molar-refractivity contribution in [2.45, 2.75) is 25.3 Å². The Balaban J connectivity index is 1.58. The second-order valence-corrected chi connectivity index (χ2v) is 8.95. The van der Waals surface area contributed by atoms with Crippen LogP contribution in [0.3, 0.4) is 0 Å². The normalized spacial score (nSPS) is 21.6. The molecule has 0 bridgehead atoms. The maximum atomic E-state index is 12.6. The van der Waals surface area contributed by atoms with Gasteiger partial charge in [-0.05, 0) is 18.6 Å². The lowest BCUT2D eigenvalue weighted by molar-refractivity contribution is -0.133. The molecule has 1 atom stereocenters. The van der Waals surface area contributed by atoms with Crippen LogP contribution in [0.2, 0.25) is 0 Å². The number of aromatic nitrogens is 2. The average molecular weight is 403 g/mol. The Hall–Kier alpha value is -3.08. The van der Waals surface area contributed by atoms with E-state index in [1.54, 1.807) is 24.3 Å². The fourth-order valence-electron chi connectivity index (χ4n) is 3.31. The molecule has 2 aromatic rings. The van der Waals surface area contributed by atoms with Gasteiger partial charge >= 0.3 is 0 Å². The summed E-state index contributed by atoms with van der Waals surface area (Å²) in [6.45, 7) is 0. The lowest BCUT2D eigenvalue weighted by Crippen LogP contribution is -2.44. The molecule has 1 unspecified atom stereocenters. The summed E-state index contributed by atoms with van der Waals surface area (Å²) in [5.74, 6) is -1.12. The predicted molar refractivity (Wildman–Crippen MR) is 101 cm³/mol. The van der Waals surface area contributed by atoms with Crippen molar-refractivity contribution in [3.8, 4) is 0 Å². The van der Waals surface area contributed by atoms with Gasteiger partial charge in [-0.15, -0.1) is 0 Å². The second kappa shape index (κ2) is 6.82. The molecule has 28 heavy (non-hydrogen) atoms. The Morgan fingerprint density at radius 3 is 2.71 bits per heavy atom. The van der Waals surface area contributed by atoms with E-state index in [0.29, 0.717) is 17.3 Å². The number of hydrazone groups is 1. The Labute approximate surface area is 159 Å². The quantitative estimate of drug-likeness (QED) is 0.744. The third-order valence-corrected chi connectivity index (χ3v) is 6.51. The molecule has 1 aromatic carbocycles. The summed E-state index contributed by atoms with van der Waals surface area (Å²) in [6.07, 6.45) is 1.66. The predicted octanol–water partition coefficient (Wildman–Crippen LogP) is -0.368. The highest BCUT2D eigenvalue weighted by molar-refractivity contribution is 7.91. The highest BCUT2D eigenvalue weighted by atomic mass is 32.2. The van der Waals surface area contributed by atoms with E-state index in [1.807, 2.05) is 0 Å². The van der Waals surface area contributed by atoms with E-state index < -0.39 is 27.3 Å². The number of nitrogens with one attached hydrogen (secondary N) is 1. The zero-order valence-electron chi connectivity index (χ0n) is 14.7. The van der Waals surface area contributed by atoms with Crippen molar-refractivity contribution >= 4 is 38.3 Å². The smallest absolute Gasteiger partial charge is 0.273 e. The van der Waals surface area contributed by atoms with Gasteiger partial charge < -0.3 is 0 Å². The maximum Gasteiger partial charge on any atom is 0.286 e. The maximum absolute atomic E-state index is 12.6. The Kier molecular flexibility index (Phi) is 4.46. The lowest BCUT2D eigenvalue weighted by atomic mass is 10.1. The molecule has 4 rings (SSSR count). The van der Waals surface area contributed by atoms with E-state index in [-0.39, 0.29) is 36.0 Å². The van der Waals surface area contributed by atoms with Gasteiger partial charge in [-0.2, -0.15) is 5.10 Å². The summed E-state index contributed by atoms with van der Waals surface area (Å²) in [7, 11) is -3.20. The molecule has 2 aliphatic rings. The minimum absolute atomic E-state index is 0.00332. The van der Waals surface area contributed by atoms with Crippen LogP contribution in [0.4, 0.5) is 0 Å². The summed E-state index contributed by atoms with van der Waals surface area (Å²) < 4.78 is 24.3. The van der Waals surface area contributed by atoms with Crippen LogP contribution in [0.15, 0.2) is 40.5 Å². The van der Waals surface area contributed by atoms with Gasteiger partial charge in [0.2, 0.25) is 5.91 Å². The lowest BCUT2D eigenvalue weighted by Gasteiger charge is -2.27. The Morgan fingerprint density at radius 2 is 1.96 bits per heavy atom. The van der Waals surface area contributed by atoms with Crippen molar-refractivity contribution in [1.29, 1.82) is 0 Å². The first-order valence-electron chi connectivity index (χ1n) is 8.72. The number of hydrogen-bond donors (Lipinski definition) is 1. The molecule has 2 aliphatic heterocycles. The number of benzene rings is 1. The van der Waals surface area contributed by atoms with Crippen LogP contribution >= 0.6 is 0 Å². The van der Waals surface area contributed by atoms with E-state index >= 15 is 0 Å². The molecule has 11 heteroatoms. The van der Waals surface area contributed by atoms with Crippen LogP contribution in [0, 0.1) is 0 Å². The van der Waals surface area contributed by atoms with Crippen molar-refractivity contribution in [3.05, 3.63) is 40.9 Å². The largest absolute Gasteiger partial charge is 0.286 e. The molecule has 1 saturated heterocycles. The van der Waals surface area contributed by atoms with E-state index in [1.165, 1.54) is 6.33 Å². The monoisotopic (exact) mass is 403 g/mol. The summed E-state index contributed by atoms with van der Waals surface area (Å²) in [5.41, 5.74) is 2.56. The number of para-hydroxylation sites is 1. The zero-order chi connectivity index (χ0) is 19.9. The van der Waals surface area contributed by atoms with Crippen LogP contribution in [0.1, 0.15) is 19.3 Å². The van der Waals surface area contributed by atoms with E-state index in [2.05, 4.69) is 15.5 Å². The standard InChI is InChI=1S/C17H17N5O5S/c23-15-6-5-14(19-22(15)11-7-8-28(26,27)9-11)16(24)20-21-10-18-13-4-2-1-3-12(13)17(21)25/h1-4,10-11H,5-9H2,(H,20,24). The number of amides is 2. The summed E-state index contributed by atoms with van der Waals surface area (Å²) in [6, 6.07) is 6.18. The van der Waals surface area contributed by atoms with Gasteiger partial charge in [0.15, 0.2) is 9.84 Å². The van der Waals surface area contributed by atoms with E-state index in [9.17, 15) is 22.8 Å². The van der Waals surface area contributed by atoms with Crippen LogP contribution in [0.25, 0.3) is 10.9 Å². The van der Waals surface area contributed by atoms with Crippen LogP contribution in [0.5, 0.6) is 0 Å². The fourth-order valence-corrected chi connectivity index (χ4v) is 5.00. The first kappa shape index (κ1) is 18.3. The van der Waals surface area contributed by atoms with Crippen molar-refractivity contribution in [2.75, 3.05) is 16.9 Å². The highest BCUT2D eigenvalue weighted by Gasteiger charge is 2.37. The topological polar surface area (TPSA) is 131 Å². The zero-order valence-corrected chi connectivity index (χ0v) is 15.6. The van der Waals surface area contributed by atoms with Gasteiger partial charge in [-0.3, -0.25) is 19.8 Å². The van der Waals surface area contributed by atoms with Crippen LogP contribution in [-0.4, -0.2) is 58.2 Å². The summed E-state index contributed by atoms with van der Waals surface area (Å²) in [5, 5.41) is 5.54. The molecule has 10 nitrogen and oxygen atoms in total. The minimum Gasteiger partial charge on any atom is -0.273 e. The number of nitrogens with zero attached hydrogens (tertiary/aromatic N) is 4. The summed E-state index contributed by atoms with van der Waals surface area (Å²) in [4.78, 5) is 41.3. The van der Waals surface area contributed by atoms with Gasteiger partial charge in [0, 0.05) is 12.8 Å². The second-order valence-electron chi connectivity index (χ2n) is 6.72. The molecule has 1 fully saturated rings. The number of carbonyl (C=O) groups excluding carboxylic acids is 2. The number of sulfone groups is 1. The third-order valence-electron chi connectivity index (χ3n) is 4.76. The highest BCUT2D eigenvalue weighted by Crippen LogP contribution is 2.22. The number of fused-ring (bicyclic) bond motifs is 1. The van der Waals surface area contributed by atoms with Crippen LogP contribution < -0.4 is 11.0 Å². The van der Waals surface area contributed by atoms with Crippen molar-refractivity contribution in [2.24, 2.45) is 5.10 Å². The van der Waals surface area contributed by atoms with Crippen molar-refractivity contribution in [3.63, 3.8) is 0 Å². The van der Waals surface area contributed by atoms with Gasteiger partial charge in [0.1, 0.15) is 12.0 Å². The Bertz CT molecular complexity index is 1170. The number of hydrogen-bond acceptors (Lipinski definition) is 7. The van der Waals surface area contributed by atoms with Crippen LogP contribution in [-0.2, 0) is 19.4 Å². The molecular weight excluding hydrogens is 386 g/mol. The fraction of sp³-hybridized carbons (Fsp3) is 0.353. The molecule has 0 radical (unpaired) electrons. The van der Waals surface area contributed by atoms with Gasteiger partial charge in [-0.25, -0.2) is 23.1 Å². The number of carbonyl (C=O) groups is 2. The molecule has 3 heterocycles. The van der Waals surface area contributed by atoms with E-state index in [4.69, 9.17) is 0 Å². The first-order chi connectivity index (χ1) is 13.3. The van der Waals surface area contributed by atoms with Crippen molar-refractivity contribution < 1.29 is 18.0 Å². The number of rotatable bonds is 3. The summed E-state index contributed by atoms with van der Waals surface area (Å²) >= 11 is 0.